The quantitative estimate of drug-likeness (QED) is 0.547. The van der Waals surface area contributed by atoms with Gasteiger partial charge < -0.3 is 22.5 Å². The average molecular weight is 307 g/mol. The van der Waals surface area contributed by atoms with Gasteiger partial charge in [-0.2, -0.15) is 4.57 Å². The highest BCUT2D eigenvalue weighted by Crippen LogP contribution is 2.10. The largest absolute Gasteiger partial charge is 1.00 e. The van der Waals surface area contributed by atoms with Crippen LogP contribution in [0.5, 0.6) is 0 Å². The van der Waals surface area contributed by atoms with Crippen molar-refractivity contribution in [1.82, 2.24) is 0 Å². The lowest BCUT2D eigenvalue weighted by molar-refractivity contribution is -0.684. The molecule has 0 aliphatic carbocycles. The Bertz CT molecular complexity index is 600. The topological polar surface area (TPSA) is 59.3 Å². The van der Waals surface area contributed by atoms with Gasteiger partial charge in [0.05, 0.1) is 12.7 Å². The Morgan fingerprint density at radius 1 is 1.10 bits per heavy atom. The van der Waals surface area contributed by atoms with Gasteiger partial charge in [0.15, 0.2) is 12.4 Å². The second-order valence-electron chi connectivity index (χ2n) is 4.16. The van der Waals surface area contributed by atoms with Crippen molar-refractivity contribution in [2.24, 2.45) is 0 Å². The first-order valence-corrected chi connectivity index (χ1v) is 6.11. The van der Waals surface area contributed by atoms with Crippen LogP contribution in [-0.4, -0.2) is 19.0 Å². The molecule has 1 aromatic heterocycles. The maximum atomic E-state index is 11.8. The minimum Gasteiger partial charge on any atom is -1.00 e. The lowest BCUT2D eigenvalue weighted by atomic mass is 10.2. The van der Waals surface area contributed by atoms with Gasteiger partial charge in [-0.3, -0.25) is 4.79 Å². The maximum Gasteiger partial charge on any atom is 0.337 e. The molecular formula is C15H15ClN2O3. The molecule has 0 aliphatic heterocycles. The summed E-state index contributed by atoms with van der Waals surface area (Å²) < 4.78 is 6.38. The van der Waals surface area contributed by atoms with E-state index in [2.05, 4.69) is 10.1 Å². The van der Waals surface area contributed by atoms with Crippen LogP contribution in [-0.2, 0) is 16.1 Å². The zero-order chi connectivity index (χ0) is 14.4. The number of pyridine rings is 1. The van der Waals surface area contributed by atoms with Crippen LogP contribution >= 0.6 is 0 Å². The van der Waals surface area contributed by atoms with Crippen LogP contribution < -0.4 is 22.3 Å². The summed E-state index contributed by atoms with van der Waals surface area (Å²) in [6, 6.07) is 12.2. The van der Waals surface area contributed by atoms with E-state index < -0.39 is 5.97 Å². The molecule has 0 atom stereocenters. The fraction of sp³-hybridized carbons (Fsp3) is 0.133. The van der Waals surface area contributed by atoms with Crippen molar-refractivity contribution in [2.45, 2.75) is 6.54 Å². The molecule has 21 heavy (non-hydrogen) atoms. The number of hydrogen-bond donors (Lipinski definition) is 1. The molecule has 5 nitrogen and oxygen atoms in total. The van der Waals surface area contributed by atoms with E-state index in [-0.39, 0.29) is 24.9 Å². The van der Waals surface area contributed by atoms with E-state index in [1.807, 2.05) is 30.6 Å². The van der Waals surface area contributed by atoms with Crippen LogP contribution in [0.15, 0.2) is 54.9 Å². The molecule has 0 saturated carbocycles. The average Bonchev–Trinajstić information content (AvgIpc) is 2.48. The van der Waals surface area contributed by atoms with Crippen LogP contribution in [0.4, 0.5) is 5.69 Å². The Labute approximate surface area is 129 Å². The number of hydrogen-bond acceptors (Lipinski definition) is 3. The number of benzene rings is 1. The Morgan fingerprint density at radius 2 is 1.71 bits per heavy atom. The highest BCUT2D eigenvalue weighted by molar-refractivity contribution is 5.92. The molecule has 0 aliphatic rings. The highest BCUT2D eigenvalue weighted by Gasteiger charge is 2.09. The number of carbonyl (C=O) groups excluding carboxylic acids is 2. The molecule has 0 spiro atoms. The molecule has 1 aromatic carbocycles. The zero-order valence-electron chi connectivity index (χ0n) is 11.5. The van der Waals surface area contributed by atoms with E-state index in [4.69, 9.17) is 0 Å². The van der Waals surface area contributed by atoms with Gasteiger partial charge >= 0.3 is 5.97 Å². The van der Waals surface area contributed by atoms with Gasteiger partial charge in [-0.1, -0.05) is 6.07 Å². The van der Waals surface area contributed by atoms with Crippen LogP contribution in [0, 0.1) is 0 Å². The standard InChI is InChI=1S/C15H14N2O3.ClH/c1-20-15(19)12-5-7-13(8-6-12)16-14(18)11-17-9-3-2-4-10-17;/h2-10H,11H2,1H3;1H. The molecule has 110 valence electrons. The summed E-state index contributed by atoms with van der Waals surface area (Å²) in [5, 5.41) is 2.76. The Balaban J connectivity index is 0.00000220. The van der Waals surface area contributed by atoms with Crippen LogP contribution in [0.1, 0.15) is 10.4 Å². The number of rotatable bonds is 4. The zero-order valence-corrected chi connectivity index (χ0v) is 12.2. The van der Waals surface area contributed by atoms with Crippen molar-refractivity contribution in [2.75, 3.05) is 12.4 Å². The molecule has 0 saturated heterocycles. The first-order chi connectivity index (χ1) is 9.69. The maximum absolute atomic E-state index is 11.8. The number of aromatic nitrogens is 1. The molecule has 1 amide bonds. The number of carbonyl (C=O) groups is 2. The number of esters is 1. The summed E-state index contributed by atoms with van der Waals surface area (Å²) in [6.45, 7) is 0.236. The van der Waals surface area contributed by atoms with Crippen molar-refractivity contribution in [3.8, 4) is 0 Å². The van der Waals surface area contributed by atoms with Gasteiger partial charge in [0.1, 0.15) is 0 Å². The number of nitrogens with zero attached hydrogens (tertiary/aromatic N) is 1. The molecule has 1 N–H and O–H groups in total. The van der Waals surface area contributed by atoms with Crippen molar-refractivity contribution in [1.29, 1.82) is 0 Å². The lowest BCUT2D eigenvalue weighted by Crippen LogP contribution is -3.00. The van der Waals surface area contributed by atoms with Gasteiger partial charge in [0.25, 0.3) is 5.91 Å². The minimum atomic E-state index is -0.400. The second kappa shape index (κ2) is 8.01. The third-order valence-electron chi connectivity index (χ3n) is 2.69. The number of anilines is 1. The van der Waals surface area contributed by atoms with Gasteiger partial charge in [-0.05, 0) is 24.3 Å². The molecular weight excluding hydrogens is 292 g/mol. The fourth-order valence-electron chi connectivity index (χ4n) is 1.71. The number of halogens is 1. The summed E-state index contributed by atoms with van der Waals surface area (Å²) in [5.74, 6) is -0.533. The molecule has 0 bridgehead atoms. The minimum absolute atomic E-state index is 0. The van der Waals surface area contributed by atoms with E-state index in [9.17, 15) is 9.59 Å². The lowest BCUT2D eigenvalue weighted by Gasteiger charge is -2.04. The van der Waals surface area contributed by atoms with Crippen LogP contribution in [0.2, 0.25) is 0 Å². The molecule has 1 heterocycles. The highest BCUT2D eigenvalue weighted by atomic mass is 35.5. The first-order valence-electron chi connectivity index (χ1n) is 6.11. The van der Waals surface area contributed by atoms with E-state index in [0.717, 1.165) is 0 Å². The first kappa shape index (κ1) is 16.7. The third-order valence-corrected chi connectivity index (χ3v) is 2.69. The number of ether oxygens (including phenoxy) is 1. The van der Waals surface area contributed by atoms with Crippen molar-refractivity contribution < 1.29 is 31.3 Å². The predicted octanol–water partition coefficient (Wildman–Crippen LogP) is -1.60. The van der Waals surface area contributed by atoms with Crippen molar-refractivity contribution in [3.63, 3.8) is 0 Å². The summed E-state index contributed by atoms with van der Waals surface area (Å²) in [4.78, 5) is 23.1. The normalized spacial score (nSPS) is 9.38. The molecule has 2 aromatic rings. The van der Waals surface area contributed by atoms with Crippen molar-refractivity contribution in [3.05, 3.63) is 60.4 Å². The van der Waals surface area contributed by atoms with E-state index >= 15 is 0 Å². The molecule has 0 fully saturated rings. The Hall–Kier alpha value is -2.40. The van der Waals surface area contributed by atoms with Gasteiger partial charge in [0.2, 0.25) is 6.54 Å². The van der Waals surface area contributed by atoms with Crippen LogP contribution in [0.25, 0.3) is 0 Å². The summed E-state index contributed by atoms with van der Waals surface area (Å²) in [7, 11) is 1.33. The molecule has 2 rings (SSSR count). The Morgan fingerprint density at radius 3 is 2.29 bits per heavy atom. The fourth-order valence-corrected chi connectivity index (χ4v) is 1.71. The Kier molecular flexibility index (Phi) is 6.36. The van der Waals surface area contributed by atoms with E-state index in [1.54, 1.807) is 28.8 Å². The second-order valence-corrected chi connectivity index (χ2v) is 4.16. The number of methoxy groups -OCH3 is 1. The number of amides is 1. The van der Waals surface area contributed by atoms with Gasteiger partial charge in [0, 0.05) is 17.8 Å². The SMILES string of the molecule is COC(=O)c1ccc(NC(=O)C[n+]2ccccc2)cc1.[Cl-]. The number of nitrogens with one attached hydrogen (secondary N) is 1. The monoisotopic (exact) mass is 306 g/mol. The molecule has 6 heteroatoms. The predicted molar refractivity (Wildman–Crippen MR) is 73.0 cm³/mol. The van der Waals surface area contributed by atoms with Crippen molar-refractivity contribution >= 4 is 17.6 Å². The summed E-state index contributed by atoms with van der Waals surface area (Å²) >= 11 is 0. The smallest absolute Gasteiger partial charge is 0.337 e. The third kappa shape index (κ3) is 4.89. The summed E-state index contributed by atoms with van der Waals surface area (Å²) in [6.07, 6.45) is 3.64. The molecule has 0 unspecified atom stereocenters. The van der Waals surface area contributed by atoms with Gasteiger partial charge in [-0.15, -0.1) is 0 Å². The van der Waals surface area contributed by atoms with Crippen LogP contribution in [0.3, 0.4) is 0 Å². The molecule has 0 radical (unpaired) electrons. The van der Waals surface area contributed by atoms with E-state index in [0.29, 0.717) is 11.3 Å². The van der Waals surface area contributed by atoms with E-state index in [1.165, 1.54) is 7.11 Å². The summed E-state index contributed by atoms with van der Waals surface area (Å²) in [5.41, 5.74) is 1.09. The van der Waals surface area contributed by atoms with Gasteiger partial charge in [-0.25, -0.2) is 4.79 Å².